The van der Waals surface area contributed by atoms with E-state index in [9.17, 15) is 0 Å². The minimum atomic E-state index is 0.494. The molecule has 0 atom stereocenters. The molecule has 3 rings (SSSR count). The van der Waals surface area contributed by atoms with E-state index in [1.54, 1.807) is 6.92 Å². The molecule has 0 amide bonds. The number of pyridine rings is 1. The van der Waals surface area contributed by atoms with Gasteiger partial charge in [0.05, 0.1) is 16.7 Å². The van der Waals surface area contributed by atoms with Gasteiger partial charge in [-0.25, -0.2) is 4.57 Å². The van der Waals surface area contributed by atoms with E-state index >= 15 is 0 Å². The fourth-order valence-corrected chi connectivity index (χ4v) is 2.43. The van der Waals surface area contributed by atoms with Crippen molar-refractivity contribution < 1.29 is 4.57 Å². The predicted octanol–water partition coefficient (Wildman–Crippen LogP) is 2.36. The van der Waals surface area contributed by atoms with Gasteiger partial charge in [0, 0.05) is 26.2 Å². The van der Waals surface area contributed by atoms with Crippen LogP contribution in [0.1, 0.15) is 6.92 Å². The van der Waals surface area contributed by atoms with Crippen LogP contribution in [0.4, 0.5) is 5.69 Å². The molecule has 7 heteroatoms. The van der Waals surface area contributed by atoms with E-state index in [0.29, 0.717) is 5.84 Å². The third-order valence-corrected chi connectivity index (χ3v) is 3.76. The Hall–Kier alpha value is -3.09. The Kier molecular flexibility index (Phi) is 4.33. The number of hydrogen-bond donors (Lipinski definition) is 0. The van der Waals surface area contributed by atoms with Crippen molar-refractivity contribution in [1.29, 1.82) is 0 Å². The summed E-state index contributed by atoms with van der Waals surface area (Å²) in [6.45, 7) is 1.78. The van der Waals surface area contributed by atoms with Crippen LogP contribution in [0, 0.1) is 0 Å². The molecule has 0 aliphatic carbocycles. The summed E-state index contributed by atoms with van der Waals surface area (Å²) in [5, 5.41) is 16.8. The maximum atomic E-state index is 4.32. The normalized spacial score (nSPS) is 12.2. The van der Waals surface area contributed by atoms with Gasteiger partial charge < -0.3 is 9.13 Å². The molecule has 3 aromatic rings. The molecule has 7 nitrogen and oxygen atoms in total. The summed E-state index contributed by atoms with van der Waals surface area (Å²) >= 11 is 0. The van der Waals surface area contributed by atoms with Crippen LogP contribution in [0.15, 0.2) is 69.2 Å². The highest BCUT2D eigenvalue weighted by Crippen LogP contribution is 2.10. The average molecular weight is 322 g/mol. The van der Waals surface area contributed by atoms with E-state index < -0.39 is 0 Å². The van der Waals surface area contributed by atoms with Gasteiger partial charge in [0.15, 0.2) is 18.2 Å². The van der Waals surface area contributed by atoms with Crippen molar-refractivity contribution in [2.75, 3.05) is 0 Å². The second-order valence-electron chi connectivity index (χ2n) is 5.58. The standard InChI is InChI=1S/C17H20N7/c1-13(18-20-14-9-11-22(2)12-10-14)19-21-17-23(3)15-7-5-6-8-16(15)24(17)4/h5-12H,1-4H3/q+1. The van der Waals surface area contributed by atoms with Gasteiger partial charge in [-0.1, -0.05) is 12.1 Å². The van der Waals surface area contributed by atoms with Crippen LogP contribution in [-0.2, 0) is 21.1 Å². The third kappa shape index (κ3) is 3.15. The topological polar surface area (TPSA) is 63.2 Å². The van der Waals surface area contributed by atoms with Gasteiger partial charge in [-0.2, -0.15) is 0 Å². The van der Waals surface area contributed by atoms with Crippen molar-refractivity contribution in [3.8, 4) is 0 Å². The third-order valence-electron chi connectivity index (χ3n) is 3.76. The summed E-state index contributed by atoms with van der Waals surface area (Å²) in [5.41, 5.74) is 3.73. The second kappa shape index (κ2) is 6.57. The number of azo groups is 1. The first-order valence-electron chi connectivity index (χ1n) is 7.62. The number of hydrogen-bond acceptors (Lipinski definition) is 3. The molecule has 1 aromatic carbocycles. The number of imidazole rings is 1. The maximum absolute atomic E-state index is 4.32. The van der Waals surface area contributed by atoms with E-state index in [1.165, 1.54) is 0 Å². The van der Waals surface area contributed by atoms with E-state index in [1.807, 2.05) is 71.5 Å². The lowest BCUT2D eigenvalue weighted by atomic mass is 10.3. The van der Waals surface area contributed by atoms with Crippen LogP contribution in [0.5, 0.6) is 0 Å². The lowest BCUT2D eigenvalue weighted by Gasteiger charge is -1.93. The monoisotopic (exact) mass is 322 g/mol. The average Bonchev–Trinajstić information content (AvgIpc) is 2.84. The van der Waals surface area contributed by atoms with Crippen molar-refractivity contribution in [3.63, 3.8) is 0 Å². The van der Waals surface area contributed by atoms with Crippen molar-refractivity contribution in [1.82, 2.24) is 9.13 Å². The van der Waals surface area contributed by atoms with Crippen LogP contribution in [0.2, 0.25) is 0 Å². The molecule has 0 saturated heterocycles. The zero-order chi connectivity index (χ0) is 17.1. The maximum Gasteiger partial charge on any atom is 0.230 e. The number of amidine groups is 1. The van der Waals surface area contributed by atoms with Gasteiger partial charge in [-0.05, 0) is 19.1 Å². The Bertz CT molecular complexity index is 946. The Morgan fingerprint density at radius 1 is 0.958 bits per heavy atom. The van der Waals surface area contributed by atoms with Crippen LogP contribution in [0.3, 0.4) is 0 Å². The number of rotatable bonds is 2. The van der Waals surface area contributed by atoms with Gasteiger partial charge in [0.1, 0.15) is 7.05 Å². The van der Waals surface area contributed by atoms with E-state index in [-0.39, 0.29) is 0 Å². The first-order chi connectivity index (χ1) is 11.6. The molecular weight excluding hydrogens is 302 g/mol. The fraction of sp³-hybridized carbons (Fsp3) is 0.235. The Balaban J connectivity index is 1.91. The molecule has 2 aromatic heterocycles. The predicted molar refractivity (Wildman–Crippen MR) is 92.7 cm³/mol. The van der Waals surface area contributed by atoms with Crippen LogP contribution in [0.25, 0.3) is 11.0 Å². The zero-order valence-corrected chi connectivity index (χ0v) is 14.2. The first kappa shape index (κ1) is 15.8. The van der Waals surface area contributed by atoms with Crippen molar-refractivity contribution >= 4 is 22.6 Å². The molecule has 24 heavy (non-hydrogen) atoms. The minimum Gasteiger partial charge on any atom is -0.312 e. The van der Waals surface area contributed by atoms with Gasteiger partial charge in [0.2, 0.25) is 5.62 Å². The second-order valence-corrected chi connectivity index (χ2v) is 5.58. The van der Waals surface area contributed by atoms with Crippen molar-refractivity contribution in [2.24, 2.45) is 41.6 Å². The first-order valence-corrected chi connectivity index (χ1v) is 7.62. The van der Waals surface area contributed by atoms with E-state index in [4.69, 9.17) is 0 Å². The molecule has 0 bridgehead atoms. The lowest BCUT2D eigenvalue weighted by Crippen LogP contribution is -2.25. The molecule has 0 aliphatic heterocycles. The largest absolute Gasteiger partial charge is 0.312 e. The summed E-state index contributed by atoms with van der Waals surface area (Å²) in [6.07, 6.45) is 3.83. The number of para-hydroxylation sites is 2. The van der Waals surface area contributed by atoms with Crippen LogP contribution < -0.4 is 10.2 Å². The summed E-state index contributed by atoms with van der Waals surface area (Å²) in [5.74, 6) is 0.494. The minimum absolute atomic E-state index is 0.494. The molecule has 0 fully saturated rings. The van der Waals surface area contributed by atoms with Crippen LogP contribution >= 0.6 is 0 Å². The molecule has 0 spiro atoms. The SMILES string of the molecule is C/C(N=Nc1cc[n+](C)cc1)=N/N=c1n(C)c2ccccc2n1C. The molecular formula is C17H20N7+. The Labute approximate surface area is 139 Å². The van der Waals surface area contributed by atoms with Gasteiger partial charge in [-0.3, -0.25) is 0 Å². The molecule has 2 heterocycles. The summed E-state index contributed by atoms with van der Waals surface area (Å²) in [4.78, 5) is 0. The number of aromatic nitrogens is 3. The van der Waals surface area contributed by atoms with Crippen molar-refractivity contribution in [3.05, 3.63) is 54.4 Å². The fourth-order valence-electron chi connectivity index (χ4n) is 2.43. The molecule has 0 N–H and O–H groups in total. The number of fused-ring (bicyclic) bond motifs is 1. The van der Waals surface area contributed by atoms with E-state index in [2.05, 4.69) is 32.6 Å². The van der Waals surface area contributed by atoms with Gasteiger partial charge in [0.25, 0.3) is 0 Å². The quantitative estimate of drug-likeness (QED) is 0.229. The number of nitrogens with zero attached hydrogens (tertiary/aromatic N) is 7. The highest BCUT2D eigenvalue weighted by molar-refractivity contribution is 5.80. The highest BCUT2D eigenvalue weighted by Gasteiger charge is 2.04. The summed E-state index contributed by atoms with van der Waals surface area (Å²) in [6, 6.07) is 11.9. The Morgan fingerprint density at radius 2 is 1.54 bits per heavy atom. The lowest BCUT2D eigenvalue weighted by molar-refractivity contribution is -0.671. The molecule has 0 unspecified atom stereocenters. The summed E-state index contributed by atoms with van der Waals surface area (Å²) in [7, 11) is 5.89. The Morgan fingerprint density at radius 3 is 2.12 bits per heavy atom. The zero-order valence-electron chi connectivity index (χ0n) is 14.2. The van der Waals surface area contributed by atoms with Crippen molar-refractivity contribution in [2.45, 2.75) is 6.92 Å². The number of benzene rings is 1. The van der Waals surface area contributed by atoms with Gasteiger partial charge in [-0.15, -0.1) is 20.4 Å². The van der Waals surface area contributed by atoms with E-state index in [0.717, 1.165) is 22.3 Å². The molecule has 122 valence electrons. The van der Waals surface area contributed by atoms with Crippen LogP contribution in [-0.4, -0.2) is 15.0 Å². The smallest absolute Gasteiger partial charge is 0.230 e. The molecule has 0 saturated carbocycles. The summed E-state index contributed by atoms with van der Waals surface area (Å²) < 4.78 is 5.94. The highest BCUT2D eigenvalue weighted by atomic mass is 15.3. The molecule has 0 aliphatic rings. The van der Waals surface area contributed by atoms with Gasteiger partial charge >= 0.3 is 0 Å². The number of aryl methyl sites for hydroxylation is 3. The molecule has 0 radical (unpaired) electrons.